The van der Waals surface area contributed by atoms with Crippen molar-refractivity contribution in [2.45, 2.75) is 0 Å². The lowest BCUT2D eigenvalue weighted by Gasteiger charge is -2.13. The summed E-state index contributed by atoms with van der Waals surface area (Å²) in [6, 6.07) is 12.4. The second kappa shape index (κ2) is 6.13. The fourth-order valence-corrected chi connectivity index (χ4v) is 2.22. The number of benzene rings is 2. The zero-order valence-corrected chi connectivity index (χ0v) is 13.4. The zero-order chi connectivity index (χ0) is 14.7. The van der Waals surface area contributed by atoms with Crippen LogP contribution in [0, 0.1) is 3.57 Å². The topological polar surface area (TPSA) is 52.6 Å². The van der Waals surface area contributed by atoms with Gasteiger partial charge in [-0.05, 0) is 65.1 Å². The molecule has 0 unspecified atom stereocenters. The SMILES string of the molecule is CN(C)c1ccc(NC(=O)c2cc(I)ccc2O)cc1. The number of rotatable bonds is 3. The number of carbonyl (C=O) groups excluding carboxylic acids is 1. The lowest BCUT2D eigenvalue weighted by Crippen LogP contribution is -2.13. The van der Waals surface area contributed by atoms with Crippen molar-refractivity contribution in [1.29, 1.82) is 0 Å². The average Bonchev–Trinajstić information content (AvgIpc) is 2.42. The van der Waals surface area contributed by atoms with Crippen molar-refractivity contribution in [3.63, 3.8) is 0 Å². The summed E-state index contributed by atoms with van der Waals surface area (Å²) in [6.45, 7) is 0. The Morgan fingerprint density at radius 1 is 1.15 bits per heavy atom. The predicted molar refractivity (Wildman–Crippen MR) is 89.5 cm³/mol. The van der Waals surface area contributed by atoms with E-state index < -0.39 is 0 Å². The van der Waals surface area contributed by atoms with Gasteiger partial charge >= 0.3 is 0 Å². The summed E-state index contributed by atoms with van der Waals surface area (Å²) in [5.41, 5.74) is 2.02. The van der Waals surface area contributed by atoms with Crippen molar-refractivity contribution in [1.82, 2.24) is 0 Å². The van der Waals surface area contributed by atoms with Gasteiger partial charge in [0.05, 0.1) is 5.56 Å². The molecule has 0 aliphatic heterocycles. The van der Waals surface area contributed by atoms with Crippen LogP contribution in [0.3, 0.4) is 0 Å². The monoisotopic (exact) mass is 382 g/mol. The first-order valence-electron chi connectivity index (χ1n) is 6.04. The lowest BCUT2D eigenvalue weighted by atomic mass is 10.2. The smallest absolute Gasteiger partial charge is 0.259 e. The maximum Gasteiger partial charge on any atom is 0.259 e. The van der Waals surface area contributed by atoms with Gasteiger partial charge < -0.3 is 15.3 Å². The Morgan fingerprint density at radius 3 is 2.40 bits per heavy atom. The van der Waals surface area contributed by atoms with E-state index in [1.54, 1.807) is 12.1 Å². The van der Waals surface area contributed by atoms with E-state index in [0.717, 1.165) is 9.26 Å². The second-order valence-corrected chi connectivity index (χ2v) is 5.80. The number of amides is 1. The van der Waals surface area contributed by atoms with Gasteiger partial charge in [-0.3, -0.25) is 4.79 Å². The van der Waals surface area contributed by atoms with Gasteiger partial charge in [0.2, 0.25) is 0 Å². The van der Waals surface area contributed by atoms with E-state index in [1.165, 1.54) is 6.07 Å². The fraction of sp³-hybridized carbons (Fsp3) is 0.133. The first kappa shape index (κ1) is 14.6. The number of hydrogen-bond donors (Lipinski definition) is 2. The number of carbonyl (C=O) groups is 1. The summed E-state index contributed by atoms with van der Waals surface area (Å²) >= 11 is 2.10. The van der Waals surface area contributed by atoms with Crippen molar-refractivity contribution in [2.24, 2.45) is 0 Å². The molecule has 0 aromatic heterocycles. The molecular weight excluding hydrogens is 367 g/mol. The summed E-state index contributed by atoms with van der Waals surface area (Å²) in [6.07, 6.45) is 0. The van der Waals surface area contributed by atoms with Crippen molar-refractivity contribution in [2.75, 3.05) is 24.3 Å². The molecule has 0 radical (unpaired) electrons. The van der Waals surface area contributed by atoms with Gasteiger partial charge in [-0.25, -0.2) is 0 Å². The highest BCUT2D eigenvalue weighted by atomic mass is 127. The molecule has 0 fully saturated rings. The zero-order valence-electron chi connectivity index (χ0n) is 11.2. The maximum atomic E-state index is 12.1. The van der Waals surface area contributed by atoms with E-state index in [9.17, 15) is 9.90 Å². The summed E-state index contributed by atoms with van der Waals surface area (Å²) in [4.78, 5) is 14.1. The third-order valence-electron chi connectivity index (χ3n) is 2.84. The van der Waals surface area contributed by atoms with Crippen molar-refractivity contribution < 1.29 is 9.90 Å². The molecule has 0 saturated carbocycles. The molecule has 0 aliphatic rings. The van der Waals surface area contributed by atoms with Gasteiger partial charge in [0.1, 0.15) is 5.75 Å². The molecule has 0 heterocycles. The molecule has 20 heavy (non-hydrogen) atoms. The summed E-state index contributed by atoms with van der Waals surface area (Å²) in [5, 5.41) is 12.5. The number of anilines is 2. The minimum absolute atomic E-state index is 0.0205. The number of aromatic hydroxyl groups is 1. The maximum absolute atomic E-state index is 12.1. The van der Waals surface area contributed by atoms with Crippen LogP contribution in [0.15, 0.2) is 42.5 Å². The van der Waals surface area contributed by atoms with Gasteiger partial charge in [-0.1, -0.05) is 0 Å². The molecular formula is C15H15IN2O2. The predicted octanol–water partition coefficient (Wildman–Crippen LogP) is 3.32. The molecule has 104 valence electrons. The van der Waals surface area contributed by atoms with Gasteiger partial charge in [0, 0.05) is 29.0 Å². The molecule has 4 nitrogen and oxygen atoms in total. The second-order valence-electron chi connectivity index (χ2n) is 4.56. The number of nitrogens with one attached hydrogen (secondary N) is 1. The number of phenols is 1. The molecule has 1 amide bonds. The van der Waals surface area contributed by atoms with E-state index >= 15 is 0 Å². The van der Waals surface area contributed by atoms with Crippen LogP contribution in [-0.2, 0) is 0 Å². The molecule has 2 aromatic rings. The van der Waals surface area contributed by atoms with Crippen LogP contribution in [0.1, 0.15) is 10.4 Å². The Hall–Kier alpha value is -1.76. The number of halogens is 1. The van der Waals surface area contributed by atoms with Crippen LogP contribution in [0.25, 0.3) is 0 Å². The van der Waals surface area contributed by atoms with Crippen LogP contribution in [-0.4, -0.2) is 25.1 Å². The first-order chi connectivity index (χ1) is 9.47. The number of hydrogen-bond acceptors (Lipinski definition) is 3. The minimum Gasteiger partial charge on any atom is -0.507 e. The third-order valence-corrected chi connectivity index (χ3v) is 3.52. The molecule has 2 rings (SSSR count). The van der Waals surface area contributed by atoms with Gasteiger partial charge in [-0.15, -0.1) is 0 Å². The Morgan fingerprint density at radius 2 is 1.80 bits per heavy atom. The summed E-state index contributed by atoms with van der Waals surface area (Å²) in [7, 11) is 3.91. The molecule has 0 atom stereocenters. The highest BCUT2D eigenvalue weighted by Gasteiger charge is 2.11. The lowest BCUT2D eigenvalue weighted by molar-refractivity contribution is 0.102. The fourth-order valence-electron chi connectivity index (χ4n) is 1.73. The number of nitrogens with zero attached hydrogens (tertiary/aromatic N) is 1. The molecule has 0 bridgehead atoms. The summed E-state index contributed by atoms with van der Waals surface area (Å²) < 4.78 is 0.897. The van der Waals surface area contributed by atoms with Crippen molar-refractivity contribution in [3.05, 3.63) is 51.6 Å². The molecule has 2 N–H and O–H groups in total. The molecule has 2 aromatic carbocycles. The van der Waals surface area contributed by atoms with Crippen LogP contribution in [0.4, 0.5) is 11.4 Å². The summed E-state index contributed by atoms with van der Waals surface area (Å²) in [5.74, 6) is -0.341. The standard InChI is InChI=1S/C15H15IN2O2/c1-18(2)12-6-4-11(5-7-12)17-15(20)13-9-10(16)3-8-14(13)19/h3-9,19H,1-2H3,(H,17,20). The van der Waals surface area contributed by atoms with Crippen LogP contribution >= 0.6 is 22.6 Å². The van der Waals surface area contributed by atoms with E-state index in [0.29, 0.717) is 5.69 Å². The van der Waals surface area contributed by atoms with Crippen molar-refractivity contribution in [3.8, 4) is 5.75 Å². The van der Waals surface area contributed by atoms with E-state index in [1.807, 2.05) is 43.3 Å². The van der Waals surface area contributed by atoms with E-state index in [-0.39, 0.29) is 17.2 Å². The normalized spacial score (nSPS) is 10.2. The van der Waals surface area contributed by atoms with Crippen molar-refractivity contribution >= 4 is 39.9 Å². The van der Waals surface area contributed by atoms with E-state index in [2.05, 4.69) is 27.9 Å². The average molecular weight is 382 g/mol. The van der Waals surface area contributed by atoms with E-state index in [4.69, 9.17) is 0 Å². The Bertz CT molecular complexity index is 624. The largest absolute Gasteiger partial charge is 0.507 e. The molecule has 0 spiro atoms. The third kappa shape index (κ3) is 3.41. The molecule has 0 saturated heterocycles. The highest BCUT2D eigenvalue weighted by Crippen LogP contribution is 2.22. The highest BCUT2D eigenvalue weighted by molar-refractivity contribution is 14.1. The van der Waals surface area contributed by atoms with Gasteiger partial charge in [0.25, 0.3) is 5.91 Å². The van der Waals surface area contributed by atoms with Crippen LogP contribution in [0.5, 0.6) is 5.75 Å². The van der Waals surface area contributed by atoms with Gasteiger partial charge in [0.15, 0.2) is 0 Å². The Balaban J connectivity index is 2.17. The van der Waals surface area contributed by atoms with Crippen LogP contribution in [0.2, 0.25) is 0 Å². The quantitative estimate of drug-likeness (QED) is 0.801. The van der Waals surface area contributed by atoms with Crippen LogP contribution < -0.4 is 10.2 Å². The van der Waals surface area contributed by atoms with Gasteiger partial charge in [-0.2, -0.15) is 0 Å². The Labute approximate surface area is 131 Å². The molecule has 0 aliphatic carbocycles. The molecule has 5 heteroatoms. The number of phenolic OH excluding ortho intramolecular Hbond substituents is 1. The Kier molecular flexibility index (Phi) is 4.49. The minimum atomic E-state index is -0.321. The first-order valence-corrected chi connectivity index (χ1v) is 7.12.